The molecule has 0 bridgehead atoms. The van der Waals surface area contributed by atoms with Gasteiger partial charge in [0.2, 0.25) is 0 Å². The van der Waals surface area contributed by atoms with Gasteiger partial charge in [0.1, 0.15) is 11.3 Å². The molecule has 1 unspecified atom stereocenters. The quantitative estimate of drug-likeness (QED) is 0.775. The van der Waals surface area contributed by atoms with Gasteiger partial charge in [0.15, 0.2) is 0 Å². The molecule has 114 valence electrons. The lowest BCUT2D eigenvalue weighted by atomic mass is 9.97. The molecule has 0 saturated heterocycles. The molecule has 1 aliphatic rings. The Morgan fingerprint density at radius 2 is 1.95 bits per heavy atom. The summed E-state index contributed by atoms with van der Waals surface area (Å²) < 4.78 is 5.97. The van der Waals surface area contributed by atoms with Crippen molar-refractivity contribution in [2.24, 2.45) is 0 Å². The highest BCUT2D eigenvalue weighted by Crippen LogP contribution is 2.27. The zero-order chi connectivity index (χ0) is 15.5. The van der Waals surface area contributed by atoms with Crippen molar-refractivity contribution in [1.82, 2.24) is 5.32 Å². The minimum atomic E-state index is -0.415. The van der Waals surface area contributed by atoms with E-state index in [1.165, 1.54) is 29.5 Å². The fraction of sp³-hybridized carbons (Fsp3) is 0.611. The first-order valence-corrected chi connectivity index (χ1v) is 7.84. The van der Waals surface area contributed by atoms with Gasteiger partial charge in [-0.05, 0) is 70.1 Å². The molecule has 1 saturated carbocycles. The summed E-state index contributed by atoms with van der Waals surface area (Å²) in [5, 5.41) is 12.8. The third-order valence-electron chi connectivity index (χ3n) is 4.29. The van der Waals surface area contributed by atoms with Crippen molar-refractivity contribution in [2.75, 3.05) is 6.61 Å². The highest BCUT2D eigenvalue weighted by Gasteiger charge is 2.31. The van der Waals surface area contributed by atoms with Gasteiger partial charge in [0.25, 0.3) is 0 Å². The van der Waals surface area contributed by atoms with Crippen LogP contribution in [0.3, 0.4) is 0 Å². The van der Waals surface area contributed by atoms with Crippen molar-refractivity contribution in [3.05, 3.63) is 28.8 Å². The summed E-state index contributed by atoms with van der Waals surface area (Å²) in [5.74, 6) is 1.00. The number of nitrogens with one attached hydrogen (secondary N) is 1. The topological polar surface area (TPSA) is 45.0 Å². The number of benzene rings is 1. The predicted molar refractivity (Wildman–Crippen MR) is 85.6 cm³/mol. The fourth-order valence-corrected chi connectivity index (χ4v) is 2.59. The number of ether oxygens (including phenoxy) is 1. The van der Waals surface area contributed by atoms with E-state index in [-0.39, 0.29) is 0 Å². The van der Waals surface area contributed by atoms with Crippen molar-refractivity contribution >= 4 is 0 Å². The van der Waals surface area contributed by atoms with Crippen LogP contribution < -0.4 is 10.1 Å². The van der Waals surface area contributed by atoms with Gasteiger partial charge in [0.05, 0.1) is 12.7 Å². The molecule has 0 aromatic heterocycles. The molecule has 0 aliphatic heterocycles. The van der Waals surface area contributed by atoms with Crippen LogP contribution in [0.4, 0.5) is 0 Å². The van der Waals surface area contributed by atoms with Crippen molar-refractivity contribution in [3.8, 4) is 11.8 Å². The molecule has 1 N–H and O–H groups in total. The van der Waals surface area contributed by atoms with Crippen LogP contribution >= 0.6 is 0 Å². The summed E-state index contributed by atoms with van der Waals surface area (Å²) in [4.78, 5) is 0. The lowest BCUT2D eigenvalue weighted by Crippen LogP contribution is -2.42. The molecule has 3 heteroatoms. The summed E-state index contributed by atoms with van der Waals surface area (Å²) in [6.07, 6.45) is 4.12. The Kier molecular flexibility index (Phi) is 4.90. The van der Waals surface area contributed by atoms with Crippen LogP contribution in [-0.4, -0.2) is 18.2 Å². The molecule has 2 rings (SSSR count). The average molecular weight is 286 g/mol. The minimum Gasteiger partial charge on any atom is -0.493 e. The molecule has 3 nitrogen and oxygen atoms in total. The first-order chi connectivity index (χ1) is 9.95. The van der Waals surface area contributed by atoms with Crippen LogP contribution in [0.1, 0.15) is 49.3 Å². The maximum absolute atomic E-state index is 9.35. The van der Waals surface area contributed by atoms with Gasteiger partial charge < -0.3 is 4.74 Å². The number of aryl methyl sites for hydroxylation is 2. The molecule has 0 radical (unpaired) electrons. The van der Waals surface area contributed by atoms with Crippen LogP contribution in [0.5, 0.6) is 5.75 Å². The van der Waals surface area contributed by atoms with Crippen LogP contribution in [-0.2, 0) is 0 Å². The largest absolute Gasteiger partial charge is 0.493 e. The smallest absolute Gasteiger partial charge is 0.125 e. The average Bonchev–Trinajstić information content (AvgIpc) is 3.26. The lowest BCUT2D eigenvalue weighted by Gasteiger charge is -2.23. The normalized spacial score (nSPS) is 17.1. The Morgan fingerprint density at radius 3 is 2.57 bits per heavy atom. The zero-order valence-corrected chi connectivity index (χ0v) is 13.6. The first-order valence-electron chi connectivity index (χ1n) is 7.84. The summed E-state index contributed by atoms with van der Waals surface area (Å²) >= 11 is 0. The van der Waals surface area contributed by atoms with E-state index in [9.17, 15) is 5.26 Å². The molecule has 1 fully saturated rings. The van der Waals surface area contributed by atoms with Gasteiger partial charge in [-0.2, -0.15) is 5.26 Å². The van der Waals surface area contributed by atoms with Gasteiger partial charge >= 0.3 is 0 Å². The highest BCUT2D eigenvalue weighted by atomic mass is 16.5. The van der Waals surface area contributed by atoms with E-state index in [4.69, 9.17) is 4.74 Å². The van der Waals surface area contributed by atoms with Crippen LogP contribution in [0, 0.1) is 32.1 Å². The second kappa shape index (κ2) is 6.49. The Bertz CT molecular complexity index is 543. The van der Waals surface area contributed by atoms with Crippen molar-refractivity contribution in [2.45, 2.75) is 65.0 Å². The Hall–Kier alpha value is -1.53. The van der Waals surface area contributed by atoms with Crippen molar-refractivity contribution < 1.29 is 4.74 Å². The standard InChI is InChI=1S/C18H26N2O/c1-13-6-7-14(2)17(15(13)3)21-11-5-10-18(4,12-19)20-16-8-9-16/h6-7,16,20H,5,8-11H2,1-4H3. The first kappa shape index (κ1) is 15.9. The predicted octanol–water partition coefficient (Wildman–Crippen LogP) is 3.81. The number of hydrogen-bond donors (Lipinski definition) is 1. The maximum atomic E-state index is 9.35. The van der Waals surface area contributed by atoms with E-state index >= 15 is 0 Å². The Balaban J connectivity index is 1.84. The van der Waals surface area contributed by atoms with Gasteiger partial charge in [-0.3, -0.25) is 5.32 Å². The summed E-state index contributed by atoms with van der Waals surface area (Å²) in [7, 11) is 0. The van der Waals surface area contributed by atoms with Gasteiger partial charge in [-0.15, -0.1) is 0 Å². The van der Waals surface area contributed by atoms with Crippen LogP contribution in [0.2, 0.25) is 0 Å². The van der Waals surface area contributed by atoms with Crippen molar-refractivity contribution in [1.29, 1.82) is 5.26 Å². The number of rotatable bonds is 7. The third-order valence-corrected chi connectivity index (χ3v) is 4.29. The second-order valence-electron chi connectivity index (χ2n) is 6.47. The molecule has 0 spiro atoms. The molecule has 0 amide bonds. The molecule has 21 heavy (non-hydrogen) atoms. The van der Waals surface area contributed by atoms with E-state index in [0.29, 0.717) is 12.6 Å². The summed E-state index contributed by atoms with van der Waals surface area (Å²) in [6, 6.07) is 7.20. The number of hydrogen-bond acceptors (Lipinski definition) is 3. The maximum Gasteiger partial charge on any atom is 0.125 e. The lowest BCUT2D eigenvalue weighted by molar-refractivity contribution is 0.281. The SMILES string of the molecule is Cc1ccc(C)c(OCCCC(C)(C#N)NC2CC2)c1C. The van der Waals surface area contributed by atoms with E-state index < -0.39 is 5.54 Å². The summed E-state index contributed by atoms with van der Waals surface area (Å²) in [6.45, 7) is 8.94. The molecule has 1 aliphatic carbocycles. The monoisotopic (exact) mass is 286 g/mol. The van der Waals surface area contributed by atoms with E-state index in [0.717, 1.165) is 18.6 Å². The summed E-state index contributed by atoms with van der Waals surface area (Å²) in [5.41, 5.74) is 3.24. The third kappa shape index (κ3) is 4.22. The molecule has 1 aromatic rings. The van der Waals surface area contributed by atoms with Crippen molar-refractivity contribution in [3.63, 3.8) is 0 Å². The van der Waals surface area contributed by atoms with Gasteiger partial charge in [-0.25, -0.2) is 0 Å². The van der Waals surface area contributed by atoms with E-state index in [1.807, 2.05) is 6.92 Å². The minimum absolute atomic E-state index is 0.415. The molecular formula is C18H26N2O. The molecule has 1 atom stereocenters. The fourth-order valence-electron chi connectivity index (χ4n) is 2.59. The van der Waals surface area contributed by atoms with E-state index in [1.54, 1.807) is 0 Å². The molecule has 1 aromatic carbocycles. The highest BCUT2D eigenvalue weighted by molar-refractivity contribution is 5.44. The Labute approximate surface area is 128 Å². The molecule has 0 heterocycles. The number of nitriles is 1. The van der Waals surface area contributed by atoms with Crippen LogP contribution in [0.25, 0.3) is 0 Å². The molecular weight excluding hydrogens is 260 g/mol. The van der Waals surface area contributed by atoms with Gasteiger partial charge in [-0.1, -0.05) is 12.1 Å². The second-order valence-corrected chi connectivity index (χ2v) is 6.47. The zero-order valence-electron chi connectivity index (χ0n) is 13.6. The number of nitrogens with zero attached hydrogens (tertiary/aromatic N) is 1. The van der Waals surface area contributed by atoms with Gasteiger partial charge in [0, 0.05) is 6.04 Å². The van der Waals surface area contributed by atoms with E-state index in [2.05, 4.69) is 44.3 Å². The van der Waals surface area contributed by atoms with Crippen LogP contribution in [0.15, 0.2) is 12.1 Å². The Morgan fingerprint density at radius 1 is 1.29 bits per heavy atom.